The predicted octanol–water partition coefficient (Wildman–Crippen LogP) is 1.60. The summed E-state index contributed by atoms with van der Waals surface area (Å²) in [6.07, 6.45) is 7.60. The molecule has 3 rings (SSSR count). The molecule has 0 bridgehead atoms. The fourth-order valence-corrected chi connectivity index (χ4v) is 3.57. The molecule has 0 spiro atoms. The van der Waals surface area contributed by atoms with Crippen molar-refractivity contribution in [2.75, 3.05) is 18.5 Å². The van der Waals surface area contributed by atoms with Crippen LogP contribution in [0.1, 0.15) is 58.1 Å². The van der Waals surface area contributed by atoms with Crippen LogP contribution in [-0.2, 0) is 4.74 Å². The zero-order valence-corrected chi connectivity index (χ0v) is 16.4. The largest absolute Gasteiger partial charge is 0.394 e. The molecule has 1 aliphatic heterocycles. The fourth-order valence-electron chi connectivity index (χ4n) is 3.57. The number of hydrogen-bond donors (Lipinski definition) is 4. The maximum absolute atomic E-state index is 10.2. The molecule has 1 fully saturated rings. The van der Waals surface area contributed by atoms with Crippen molar-refractivity contribution in [1.82, 2.24) is 19.5 Å². The molecule has 2 aromatic rings. The molecule has 9 nitrogen and oxygen atoms in total. The van der Waals surface area contributed by atoms with Crippen LogP contribution in [0.3, 0.4) is 0 Å². The summed E-state index contributed by atoms with van der Waals surface area (Å²) in [5.74, 6) is 0.640. The van der Waals surface area contributed by atoms with Gasteiger partial charge in [-0.2, -0.15) is 0 Å². The Morgan fingerprint density at radius 1 is 1.04 bits per heavy atom. The van der Waals surface area contributed by atoms with E-state index in [4.69, 9.17) is 4.74 Å². The third kappa shape index (κ3) is 4.60. The van der Waals surface area contributed by atoms with Crippen LogP contribution in [0.4, 0.5) is 5.82 Å². The lowest BCUT2D eigenvalue weighted by molar-refractivity contribution is -0.0511. The first-order valence-corrected chi connectivity index (χ1v) is 10.2. The highest BCUT2D eigenvalue weighted by atomic mass is 16.6. The van der Waals surface area contributed by atoms with Gasteiger partial charge in [-0.3, -0.25) is 4.57 Å². The second kappa shape index (κ2) is 10.1. The van der Waals surface area contributed by atoms with Gasteiger partial charge in [-0.25, -0.2) is 15.0 Å². The molecule has 1 saturated heterocycles. The van der Waals surface area contributed by atoms with Crippen molar-refractivity contribution < 1.29 is 20.1 Å². The number of imidazole rings is 1. The van der Waals surface area contributed by atoms with Gasteiger partial charge in [0.15, 0.2) is 23.2 Å². The Morgan fingerprint density at radius 2 is 1.79 bits per heavy atom. The maximum atomic E-state index is 10.2. The normalized spacial score (nSPS) is 24.9. The van der Waals surface area contributed by atoms with Crippen molar-refractivity contribution >= 4 is 17.0 Å². The number of nitrogens with zero attached hydrogens (tertiary/aromatic N) is 4. The van der Waals surface area contributed by atoms with Gasteiger partial charge in [-0.1, -0.05) is 45.4 Å². The molecule has 0 radical (unpaired) electrons. The van der Waals surface area contributed by atoms with Crippen molar-refractivity contribution in [3.63, 3.8) is 0 Å². The number of ether oxygens (including phenoxy) is 1. The van der Waals surface area contributed by atoms with Gasteiger partial charge in [0.05, 0.1) is 12.9 Å². The number of anilines is 1. The molecule has 2 aromatic heterocycles. The molecule has 3 heterocycles. The molecule has 1 aliphatic rings. The zero-order valence-electron chi connectivity index (χ0n) is 16.4. The van der Waals surface area contributed by atoms with Crippen molar-refractivity contribution in [3.05, 3.63) is 12.7 Å². The van der Waals surface area contributed by atoms with Gasteiger partial charge >= 0.3 is 0 Å². The number of fused-ring (bicyclic) bond motifs is 1. The van der Waals surface area contributed by atoms with Crippen molar-refractivity contribution in [3.8, 4) is 0 Å². The maximum Gasteiger partial charge on any atom is 0.167 e. The Bertz CT molecular complexity index is 740. The first-order chi connectivity index (χ1) is 13.7. The van der Waals surface area contributed by atoms with Crippen molar-refractivity contribution in [1.29, 1.82) is 0 Å². The summed E-state index contributed by atoms with van der Waals surface area (Å²) in [6.45, 7) is 2.66. The quantitative estimate of drug-likeness (QED) is 0.424. The third-order valence-corrected chi connectivity index (χ3v) is 5.22. The minimum Gasteiger partial charge on any atom is -0.394 e. The smallest absolute Gasteiger partial charge is 0.167 e. The molecule has 0 aromatic carbocycles. The summed E-state index contributed by atoms with van der Waals surface area (Å²) >= 11 is 0. The van der Waals surface area contributed by atoms with Gasteiger partial charge < -0.3 is 25.4 Å². The first-order valence-electron chi connectivity index (χ1n) is 10.2. The summed E-state index contributed by atoms with van der Waals surface area (Å²) in [5.41, 5.74) is 1.09. The van der Waals surface area contributed by atoms with Crippen LogP contribution >= 0.6 is 0 Å². The van der Waals surface area contributed by atoms with E-state index in [1.54, 1.807) is 4.57 Å². The lowest BCUT2D eigenvalue weighted by Gasteiger charge is -2.16. The highest BCUT2D eigenvalue weighted by molar-refractivity contribution is 5.82. The van der Waals surface area contributed by atoms with Gasteiger partial charge in [-0.05, 0) is 6.42 Å². The van der Waals surface area contributed by atoms with E-state index in [9.17, 15) is 15.3 Å². The van der Waals surface area contributed by atoms with E-state index >= 15 is 0 Å². The van der Waals surface area contributed by atoms with Crippen LogP contribution in [0.5, 0.6) is 0 Å². The van der Waals surface area contributed by atoms with Crippen LogP contribution in [0.25, 0.3) is 11.2 Å². The molecule has 0 amide bonds. The molecule has 156 valence electrons. The van der Waals surface area contributed by atoms with Gasteiger partial charge in [0.1, 0.15) is 24.6 Å². The number of aliphatic hydroxyl groups is 3. The molecule has 9 heteroatoms. The third-order valence-electron chi connectivity index (χ3n) is 5.22. The highest BCUT2D eigenvalue weighted by Crippen LogP contribution is 2.32. The molecule has 0 unspecified atom stereocenters. The van der Waals surface area contributed by atoms with Crippen molar-refractivity contribution in [2.24, 2.45) is 0 Å². The average molecular weight is 393 g/mol. The second-order valence-electron chi connectivity index (χ2n) is 7.32. The predicted molar refractivity (Wildman–Crippen MR) is 105 cm³/mol. The number of rotatable bonds is 11. The van der Waals surface area contributed by atoms with E-state index in [-0.39, 0.29) is 6.61 Å². The summed E-state index contributed by atoms with van der Waals surface area (Å²) in [5, 5.41) is 32.8. The van der Waals surface area contributed by atoms with Crippen molar-refractivity contribution in [2.45, 2.75) is 76.4 Å². The number of aliphatic hydroxyl groups excluding tert-OH is 3. The number of nitrogens with one attached hydrogen (secondary N) is 1. The highest BCUT2D eigenvalue weighted by Gasteiger charge is 2.44. The molecule has 0 aliphatic carbocycles. The molecular weight excluding hydrogens is 362 g/mol. The summed E-state index contributed by atoms with van der Waals surface area (Å²) in [4.78, 5) is 12.9. The van der Waals surface area contributed by atoms with Crippen LogP contribution in [0, 0.1) is 0 Å². The lowest BCUT2D eigenvalue weighted by Crippen LogP contribution is -2.33. The van der Waals surface area contributed by atoms with Gasteiger partial charge in [0.25, 0.3) is 0 Å². The average Bonchev–Trinajstić information content (AvgIpc) is 3.26. The Morgan fingerprint density at radius 3 is 2.50 bits per heavy atom. The van der Waals surface area contributed by atoms with Crippen LogP contribution in [-0.4, -0.2) is 66.3 Å². The topological polar surface area (TPSA) is 126 Å². The summed E-state index contributed by atoms with van der Waals surface area (Å²) in [6, 6.07) is 0. The minimum absolute atomic E-state index is 0.373. The first kappa shape index (κ1) is 20.9. The SMILES string of the molecule is CCCCCCCCCNc1ncnc2c1ncn2[C@@H]1O[C@H](CO)[C@@H](O)[C@H]1O. The fraction of sp³-hybridized carbons (Fsp3) is 0.737. The van der Waals surface area contributed by atoms with Gasteiger partial charge in [0, 0.05) is 6.54 Å². The molecule has 28 heavy (non-hydrogen) atoms. The number of unbranched alkanes of at least 4 members (excludes halogenated alkanes) is 6. The lowest BCUT2D eigenvalue weighted by atomic mass is 10.1. The minimum atomic E-state index is -1.17. The molecule has 4 atom stereocenters. The Kier molecular flexibility index (Phi) is 7.55. The molecular formula is C19H31N5O4. The van der Waals surface area contributed by atoms with E-state index in [0.29, 0.717) is 17.0 Å². The van der Waals surface area contributed by atoms with E-state index < -0.39 is 24.5 Å². The number of hydrogen-bond acceptors (Lipinski definition) is 8. The summed E-state index contributed by atoms with van der Waals surface area (Å²) in [7, 11) is 0. The molecule has 4 N–H and O–H groups in total. The second-order valence-corrected chi connectivity index (χ2v) is 7.32. The molecule has 0 saturated carbocycles. The van der Waals surface area contributed by atoms with E-state index in [1.807, 2.05) is 0 Å². The monoisotopic (exact) mass is 393 g/mol. The van der Waals surface area contributed by atoms with Crippen LogP contribution in [0.15, 0.2) is 12.7 Å². The zero-order chi connectivity index (χ0) is 19.9. The Hall–Kier alpha value is -1.81. The van der Waals surface area contributed by atoms with E-state index in [2.05, 4.69) is 27.2 Å². The van der Waals surface area contributed by atoms with E-state index in [0.717, 1.165) is 13.0 Å². The standard InChI is InChI=1S/C19H31N5O4/c1-2-3-4-5-6-7-8-9-20-17-14-18(22-11-21-17)24(12-23-14)19-16(27)15(26)13(10-25)28-19/h11-13,15-16,19,25-27H,2-10H2,1H3,(H,20,21,22)/t13-,15-,16-,19-/m1/s1. The Labute approximate surface area is 164 Å². The number of aromatic nitrogens is 4. The van der Waals surface area contributed by atoms with Gasteiger partial charge in [0.2, 0.25) is 0 Å². The van der Waals surface area contributed by atoms with Crippen LogP contribution < -0.4 is 5.32 Å². The summed E-state index contributed by atoms with van der Waals surface area (Å²) < 4.78 is 7.14. The van der Waals surface area contributed by atoms with Gasteiger partial charge in [-0.15, -0.1) is 0 Å². The Balaban J connectivity index is 1.59. The van der Waals surface area contributed by atoms with Crippen LogP contribution in [0.2, 0.25) is 0 Å². The van der Waals surface area contributed by atoms with E-state index in [1.165, 1.54) is 51.2 Å².